The molecule has 16 heavy (non-hydrogen) atoms. The lowest BCUT2D eigenvalue weighted by Crippen LogP contribution is -2.32. The molecule has 1 aliphatic heterocycles. The van der Waals surface area contributed by atoms with Gasteiger partial charge >= 0.3 is 6.03 Å². The van der Waals surface area contributed by atoms with E-state index >= 15 is 0 Å². The molecule has 0 spiro atoms. The van der Waals surface area contributed by atoms with E-state index in [9.17, 15) is 4.79 Å². The Morgan fingerprint density at radius 3 is 2.56 bits per heavy atom. The van der Waals surface area contributed by atoms with Crippen LogP contribution in [0, 0.1) is 0 Å². The van der Waals surface area contributed by atoms with Gasteiger partial charge in [0.15, 0.2) is 0 Å². The Kier molecular flexibility index (Phi) is 3.86. The van der Waals surface area contributed by atoms with Gasteiger partial charge in [-0.05, 0) is 47.0 Å². The van der Waals surface area contributed by atoms with Crippen molar-refractivity contribution in [1.82, 2.24) is 4.90 Å². The molecule has 86 valence electrons. The third-order valence-electron chi connectivity index (χ3n) is 2.57. The molecule has 0 unspecified atom stereocenters. The molecular weight excluding hydrogens is 336 g/mol. The molecule has 5 heteroatoms. The van der Waals surface area contributed by atoms with Crippen molar-refractivity contribution >= 4 is 43.6 Å². The van der Waals surface area contributed by atoms with Gasteiger partial charge in [0.1, 0.15) is 0 Å². The standard InChI is InChI=1S/C11H12Br2N2O/c12-8-3-4-10(9(13)7-8)14-11(16)15-5-1-2-6-15/h3-4,7H,1-2,5-6H2,(H,14,16). The highest BCUT2D eigenvalue weighted by molar-refractivity contribution is 9.11. The van der Waals surface area contributed by atoms with E-state index in [4.69, 9.17) is 0 Å². The van der Waals surface area contributed by atoms with Crippen LogP contribution in [0.4, 0.5) is 10.5 Å². The van der Waals surface area contributed by atoms with E-state index in [1.165, 1.54) is 0 Å². The lowest BCUT2D eigenvalue weighted by atomic mass is 10.3. The summed E-state index contributed by atoms with van der Waals surface area (Å²) in [5.74, 6) is 0. The summed E-state index contributed by atoms with van der Waals surface area (Å²) in [6.45, 7) is 1.72. The summed E-state index contributed by atoms with van der Waals surface area (Å²) < 4.78 is 1.87. The summed E-state index contributed by atoms with van der Waals surface area (Å²) >= 11 is 6.80. The van der Waals surface area contributed by atoms with Gasteiger partial charge in [-0.2, -0.15) is 0 Å². The van der Waals surface area contributed by atoms with Crippen molar-refractivity contribution < 1.29 is 4.79 Å². The number of halogens is 2. The number of anilines is 1. The normalized spacial score (nSPS) is 15.2. The molecule has 0 bridgehead atoms. The lowest BCUT2D eigenvalue weighted by Gasteiger charge is -2.16. The highest BCUT2D eigenvalue weighted by Gasteiger charge is 2.18. The molecule has 1 fully saturated rings. The molecule has 2 rings (SSSR count). The van der Waals surface area contributed by atoms with E-state index in [1.54, 1.807) is 0 Å². The Morgan fingerprint density at radius 2 is 1.94 bits per heavy atom. The third kappa shape index (κ3) is 2.77. The number of rotatable bonds is 1. The van der Waals surface area contributed by atoms with E-state index < -0.39 is 0 Å². The minimum absolute atomic E-state index is 0.0134. The molecule has 0 aromatic heterocycles. The first kappa shape index (κ1) is 11.9. The SMILES string of the molecule is O=C(Nc1ccc(Br)cc1Br)N1CCCC1. The van der Waals surface area contributed by atoms with Crippen molar-refractivity contribution in [3.63, 3.8) is 0 Å². The second-order valence-corrected chi connectivity index (χ2v) is 5.52. The number of benzene rings is 1. The van der Waals surface area contributed by atoms with Crippen molar-refractivity contribution in [2.45, 2.75) is 12.8 Å². The first-order valence-corrected chi connectivity index (χ1v) is 6.76. The fraction of sp³-hybridized carbons (Fsp3) is 0.364. The molecule has 1 aliphatic rings. The first-order chi connectivity index (χ1) is 7.66. The molecule has 1 saturated heterocycles. The van der Waals surface area contributed by atoms with Gasteiger partial charge in [-0.1, -0.05) is 15.9 Å². The fourth-order valence-corrected chi connectivity index (χ4v) is 2.85. The van der Waals surface area contributed by atoms with Crippen LogP contribution < -0.4 is 5.32 Å². The van der Waals surface area contributed by atoms with Crippen LogP contribution in [-0.2, 0) is 0 Å². The predicted molar refractivity (Wildman–Crippen MR) is 71.7 cm³/mol. The number of hydrogen-bond donors (Lipinski definition) is 1. The van der Waals surface area contributed by atoms with Crippen LogP contribution in [0.2, 0.25) is 0 Å². The zero-order valence-corrected chi connectivity index (χ0v) is 11.8. The average Bonchev–Trinajstić information content (AvgIpc) is 2.75. The number of likely N-dealkylation sites (tertiary alicyclic amines) is 1. The van der Waals surface area contributed by atoms with Crippen LogP contribution in [0.25, 0.3) is 0 Å². The van der Waals surface area contributed by atoms with Gasteiger partial charge < -0.3 is 10.2 Å². The molecule has 3 nitrogen and oxygen atoms in total. The minimum Gasteiger partial charge on any atom is -0.325 e. The summed E-state index contributed by atoms with van der Waals surface area (Å²) in [6, 6.07) is 5.69. The maximum absolute atomic E-state index is 11.8. The van der Waals surface area contributed by atoms with E-state index in [-0.39, 0.29) is 6.03 Å². The van der Waals surface area contributed by atoms with E-state index in [2.05, 4.69) is 37.2 Å². The summed E-state index contributed by atoms with van der Waals surface area (Å²) in [7, 11) is 0. The summed E-state index contributed by atoms with van der Waals surface area (Å²) in [6.07, 6.45) is 2.21. The highest BCUT2D eigenvalue weighted by Crippen LogP contribution is 2.26. The molecule has 1 N–H and O–H groups in total. The molecule has 1 heterocycles. The van der Waals surface area contributed by atoms with E-state index in [0.717, 1.165) is 40.6 Å². The molecule has 0 atom stereocenters. The summed E-state index contributed by atoms with van der Waals surface area (Å²) in [5, 5.41) is 2.90. The number of hydrogen-bond acceptors (Lipinski definition) is 1. The van der Waals surface area contributed by atoms with Gasteiger partial charge in [-0.15, -0.1) is 0 Å². The maximum Gasteiger partial charge on any atom is 0.321 e. The Hall–Kier alpha value is -0.550. The molecule has 0 aliphatic carbocycles. The summed E-state index contributed by atoms with van der Waals surface area (Å²) in [4.78, 5) is 13.7. The van der Waals surface area contributed by atoms with Crippen LogP contribution in [-0.4, -0.2) is 24.0 Å². The number of carbonyl (C=O) groups excluding carboxylic acids is 1. The molecule has 1 aromatic carbocycles. The Morgan fingerprint density at radius 1 is 1.25 bits per heavy atom. The summed E-state index contributed by atoms with van der Waals surface area (Å²) in [5.41, 5.74) is 0.806. The quantitative estimate of drug-likeness (QED) is 0.822. The van der Waals surface area contributed by atoms with Crippen molar-refractivity contribution in [2.24, 2.45) is 0 Å². The Labute approximate surface area is 111 Å². The van der Waals surface area contributed by atoms with Crippen molar-refractivity contribution in [2.75, 3.05) is 18.4 Å². The number of amides is 2. The van der Waals surface area contributed by atoms with Gasteiger partial charge in [0.2, 0.25) is 0 Å². The Balaban J connectivity index is 2.05. The van der Waals surface area contributed by atoms with Gasteiger partial charge in [0.05, 0.1) is 5.69 Å². The van der Waals surface area contributed by atoms with Gasteiger partial charge in [0.25, 0.3) is 0 Å². The molecule has 2 amide bonds. The zero-order chi connectivity index (χ0) is 11.5. The van der Waals surface area contributed by atoms with Crippen molar-refractivity contribution in [3.8, 4) is 0 Å². The molecule has 0 radical (unpaired) electrons. The van der Waals surface area contributed by atoms with Gasteiger partial charge in [-0.25, -0.2) is 4.79 Å². The number of nitrogens with zero attached hydrogens (tertiary/aromatic N) is 1. The molecule has 0 saturated carbocycles. The second-order valence-electron chi connectivity index (χ2n) is 3.75. The van der Waals surface area contributed by atoms with Gasteiger partial charge in [-0.3, -0.25) is 0 Å². The first-order valence-electron chi connectivity index (χ1n) is 5.18. The van der Waals surface area contributed by atoms with Crippen LogP contribution in [0.15, 0.2) is 27.1 Å². The van der Waals surface area contributed by atoms with Gasteiger partial charge in [0, 0.05) is 22.0 Å². The van der Waals surface area contributed by atoms with Crippen molar-refractivity contribution in [3.05, 3.63) is 27.1 Å². The van der Waals surface area contributed by atoms with Crippen LogP contribution in [0.3, 0.4) is 0 Å². The maximum atomic E-state index is 11.8. The predicted octanol–water partition coefficient (Wildman–Crippen LogP) is 3.84. The minimum atomic E-state index is -0.0134. The molecule has 1 aromatic rings. The second kappa shape index (κ2) is 5.19. The third-order valence-corrected chi connectivity index (χ3v) is 3.72. The Bertz CT molecular complexity index is 403. The fourth-order valence-electron chi connectivity index (χ4n) is 1.71. The van der Waals surface area contributed by atoms with Crippen LogP contribution >= 0.6 is 31.9 Å². The van der Waals surface area contributed by atoms with Crippen molar-refractivity contribution in [1.29, 1.82) is 0 Å². The molecular formula is C11H12Br2N2O. The zero-order valence-electron chi connectivity index (χ0n) is 8.67. The highest BCUT2D eigenvalue weighted by atomic mass is 79.9. The number of nitrogens with one attached hydrogen (secondary N) is 1. The topological polar surface area (TPSA) is 32.3 Å². The van der Waals surface area contributed by atoms with E-state index in [1.807, 2.05) is 23.1 Å². The average molecular weight is 348 g/mol. The number of urea groups is 1. The monoisotopic (exact) mass is 346 g/mol. The van der Waals surface area contributed by atoms with Crippen LogP contribution in [0.5, 0.6) is 0 Å². The lowest BCUT2D eigenvalue weighted by molar-refractivity contribution is 0.222. The number of carbonyl (C=O) groups is 1. The largest absolute Gasteiger partial charge is 0.325 e. The van der Waals surface area contributed by atoms with Crippen LogP contribution in [0.1, 0.15) is 12.8 Å². The smallest absolute Gasteiger partial charge is 0.321 e. The van der Waals surface area contributed by atoms with E-state index in [0.29, 0.717) is 0 Å².